The topological polar surface area (TPSA) is 49.7 Å². The van der Waals surface area contributed by atoms with Crippen LogP contribution in [0.5, 0.6) is 11.5 Å². The normalized spacial score (nSPS) is 23.1. The molecule has 3 heteroatoms. The van der Waals surface area contributed by atoms with Gasteiger partial charge in [0.1, 0.15) is 17.1 Å². The fourth-order valence-electron chi connectivity index (χ4n) is 2.41. The van der Waals surface area contributed by atoms with Crippen LogP contribution in [0, 0.1) is 20.8 Å². The highest BCUT2D eigenvalue weighted by Crippen LogP contribution is 2.42. The molecule has 3 nitrogen and oxygen atoms in total. The van der Waals surface area contributed by atoms with E-state index in [-0.39, 0.29) is 6.61 Å². The summed E-state index contributed by atoms with van der Waals surface area (Å²) in [7, 11) is 0. The predicted octanol–water partition coefficient (Wildman–Crippen LogP) is 2.39. The van der Waals surface area contributed by atoms with E-state index in [1.54, 1.807) is 0 Å². The van der Waals surface area contributed by atoms with E-state index >= 15 is 0 Å². The number of ether oxygens (including phenoxy) is 1. The molecule has 1 aliphatic heterocycles. The van der Waals surface area contributed by atoms with E-state index in [0.717, 1.165) is 40.8 Å². The monoisotopic (exact) mass is 236 g/mol. The fourth-order valence-corrected chi connectivity index (χ4v) is 2.41. The van der Waals surface area contributed by atoms with Crippen molar-refractivity contribution in [2.24, 2.45) is 0 Å². The zero-order valence-corrected chi connectivity index (χ0v) is 10.9. The molecular weight excluding hydrogens is 216 g/mol. The van der Waals surface area contributed by atoms with Gasteiger partial charge in [-0.05, 0) is 57.2 Å². The zero-order valence-electron chi connectivity index (χ0n) is 10.9. The Morgan fingerprint density at radius 3 is 2.41 bits per heavy atom. The highest BCUT2D eigenvalue weighted by molar-refractivity contribution is 5.58. The standard InChI is InChI=1S/C14H20O3/c1-8-9(2)13-11(10(3)12(8)16)5-6-14(4,7-15)17-13/h15-16H,5-7H2,1-4H3/t14-/m1/s1. The lowest BCUT2D eigenvalue weighted by atomic mass is 9.87. The molecule has 94 valence electrons. The summed E-state index contributed by atoms with van der Waals surface area (Å²) in [6.45, 7) is 7.71. The van der Waals surface area contributed by atoms with Gasteiger partial charge in [0.15, 0.2) is 0 Å². The van der Waals surface area contributed by atoms with E-state index in [0.29, 0.717) is 5.75 Å². The van der Waals surface area contributed by atoms with Gasteiger partial charge in [-0.2, -0.15) is 0 Å². The molecule has 1 atom stereocenters. The summed E-state index contributed by atoms with van der Waals surface area (Å²) in [6.07, 6.45) is 1.62. The number of hydrogen-bond acceptors (Lipinski definition) is 3. The van der Waals surface area contributed by atoms with E-state index in [1.807, 2.05) is 27.7 Å². The molecule has 2 N–H and O–H groups in total. The van der Waals surface area contributed by atoms with Crippen LogP contribution in [0.1, 0.15) is 35.6 Å². The van der Waals surface area contributed by atoms with Crippen LogP contribution in [0.4, 0.5) is 0 Å². The molecule has 1 aromatic carbocycles. The maximum atomic E-state index is 10.0. The lowest BCUT2D eigenvalue weighted by molar-refractivity contribution is 0.00720. The van der Waals surface area contributed by atoms with Crippen molar-refractivity contribution in [3.63, 3.8) is 0 Å². The molecule has 0 saturated carbocycles. The molecule has 0 amide bonds. The van der Waals surface area contributed by atoms with Crippen molar-refractivity contribution >= 4 is 0 Å². The number of aromatic hydroxyl groups is 1. The Hall–Kier alpha value is -1.22. The molecule has 1 aliphatic rings. The van der Waals surface area contributed by atoms with Crippen LogP contribution in [-0.4, -0.2) is 22.4 Å². The highest BCUT2D eigenvalue weighted by atomic mass is 16.5. The van der Waals surface area contributed by atoms with E-state index < -0.39 is 5.60 Å². The Morgan fingerprint density at radius 1 is 1.18 bits per heavy atom. The van der Waals surface area contributed by atoms with Crippen molar-refractivity contribution in [1.29, 1.82) is 0 Å². The van der Waals surface area contributed by atoms with Crippen LogP contribution in [-0.2, 0) is 6.42 Å². The number of phenolic OH excluding ortho intramolecular Hbond substituents is 1. The second-order valence-electron chi connectivity index (χ2n) is 5.24. The average Bonchev–Trinajstić information content (AvgIpc) is 2.33. The average molecular weight is 236 g/mol. The summed E-state index contributed by atoms with van der Waals surface area (Å²) in [4.78, 5) is 0. The molecule has 0 aliphatic carbocycles. The van der Waals surface area contributed by atoms with Gasteiger partial charge in [0.2, 0.25) is 0 Å². The number of aliphatic hydroxyl groups is 1. The lowest BCUT2D eigenvalue weighted by Gasteiger charge is -2.36. The van der Waals surface area contributed by atoms with Gasteiger partial charge in [-0.15, -0.1) is 0 Å². The summed E-state index contributed by atoms with van der Waals surface area (Å²) in [5.74, 6) is 1.22. The number of fused-ring (bicyclic) bond motifs is 1. The van der Waals surface area contributed by atoms with E-state index in [1.165, 1.54) is 0 Å². The first-order valence-electron chi connectivity index (χ1n) is 6.01. The molecule has 1 aromatic rings. The Labute approximate surface area is 102 Å². The van der Waals surface area contributed by atoms with Crippen LogP contribution in [0.3, 0.4) is 0 Å². The van der Waals surface area contributed by atoms with Gasteiger partial charge in [0.25, 0.3) is 0 Å². The minimum absolute atomic E-state index is 0.0187. The Morgan fingerprint density at radius 2 is 1.82 bits per heavy atom. The van der Waals surface area contributed by atoms with Crippen molar-refractivity contribution in [2.45, 2.75) is 46.1 Å². The number of rotatable bonds is 1. The fraction of sp³-hybridized carbons (Fsp3) is 0.571. The second kappa shape index (κ2) is 3.91. The van der Waals surface area contributed by atoms with Crippen molar-refractivity contribution in [2.75, 3.05) is 6.61 Å². The Kier molecular flexibility index (Phi) is 2.82. The smallest absolute Gasteiger partial charge is 0.129 e. The number of phenols is 1. The van der Waals surface area contributed by atoms with Crippen LogP contribution in [0.2, 0.25) is 0 Å². The van der Waals surface area contributed by atoms with Crippen molar-refractivity contribution in [3.05, 3.63) is 22.3 Å². The molecular formula is C14H20O3. The molecule has 0 spiro atoms. The highest BCUT2D eigenvalue weighted by Gasteiger charge is 2.33. The first-order valence-corrected chi connectivity index (χ1v) is 6.01. The molecule has 17 heavy (non-hydrogen) atoms. The third-order valence-electron chi connectivity index (χ3n) is 3.93. The van der Waals surface area contributed by atoms with Gasteiger partial charge in [-0.1, -0.05) is 0 Å². The van der Waals surface area contributed by atoms with Crippen LogP contribution in [0.25, 0.3) is 0 Å². The third kappa shape index (κ3) is 1.78. The molecule has 0 aromatic heterocycles. The van der Waals surface area contributed by atoms with Crippen molar-refractivity contribution in [3.8, 4) is 11.5 Å². The first kappa shape index (κ1) is 12.2. The summed E-state index contributed by atoms with van der Waals surface area (Å²) in [5.41, 5.74) is 3.33. The summed E-state index contributed by atoms with van der Waals surface area (Å²) < 4.78 is 5.95. The Balaban J connectivity index is 2.59. The molecule has 0 unspecified atom stereocenters. The molecule has 2 rings (SSSR count). The number of aliphatic hydroxyl groups excluding tert-OH is 1. The summed E-state index contributed by atoms with van der Waals surface area (Å²) in [5, 5.41) is 19.4. The third-order valence-corrected chi connectivity index (χ3v) is 3.93. The quantitative estimate of drug-likeness (QED) is 0.787. The SMILES string of the molecule is Cc1c(C)c2c(c(C)c1O)CC[C@](C)(CO)O2. The van der Waals surface area contributed by atoms with Gasteiger partial charge >= 0.3 is 0 Å². The van der Waals surface area contributed by atoms with Gasteiger partial charge in [0.05, 0.1) is 6.61 Å². The first-order chi connectivity index (χ1) is 7.89. The maximum Gasteiger partial charge on any atom is 0.129 e. The zero-order chi connectivity index (χ0) is 12.8. The van der Waals surface area contributed by atoms with E-state index in [9.17, 15) is 10.2 Å². The van der Waals surface area contributed by atoms with Crippen LogP contribution < -0.4 is 4.74 Å². The van der Waals surface area contributed by atoms with Gasteiger partial charge in [-0.25, -0.2) is 0 Å². The molecule has 0 saturated heterocycles. The van der Waals surface area contributed by atoms with Gasteiger partial charge in [-0.3, -0.25) is 0 Å². The molecule has 0 fully saturated rings. The van der Waals surface area contributed by atoms with Gasteiger partial charge in [0, 0.05) is 5.56 Å². The van der Waals surface area contributed by atoms with Crippen LogP contribution >= 0.6 is 0 Å². The Bertz CT molecular complexity index is 465. The van der Waals surface area contributed by atoms with Gasteiger partial charge < -0.3 is 14.9 Å². The van der Waals surface area contributed by atoms with Crippen molar-refractivity contribution in [1.82, 2.24) is 0 Å². The second-order valence-corrected chi connectivity index (χ2v) is 5.24. The predicted molar refractivity (Wildman–Crippen MR) is 66.8 cm³/mol. The maximum absolute atomic E-state index is 10.0. The minimum atomic E-state index is -0.492. The van der Waals surface area contributed by atoms with Crippen LogP contribution in [0.15, 0.2) is 0 Å². The molecule has 0 radical (unpaired) electrons. The molecule has 1 heterocycles. The van der Waals surface area contributed by atoms with E-state index in [2.05, 4.69) is 0 Å². The van der Waals surface area contributed by atoms with E-state index in [4.69, 9.17) is 4.74 Å². The van der Waals surface area contributed by atoms with Crippen molar-refractivity contribution < 1.29 is 14.9 Å². The number of benzene rings is 1. The molecule has 0 bridgehead atoms. The summed E-state index contributed by atoms with van der Waals surface area (Å²) in [6, 6.07) is 0. The largest absolute Gasteiger partial charge is 0.507 e. The lowest BCUT2D eigenvalue weighted by Crippen LogP contribution is -2.40. The summed E-state index contributed by atoms with van der Waals surface area (Å²) >= 11 is 0. The number of hydrogen-bond donors (Lipinski definition) is 2. The minimum Gasteiger partial charge on any atom is -0.507 e.